The molecule has 0 saturated heterocycles. The van der Waals surface area contributed by atoms with E-state index < -0.39 is 0 Å². The van der Waals surface area contributed by atoms with Gasteiger partial charge in [-0.1, -0.05) is 18.2 Å². The minimum Gasteiger partial charge on any atom is -0.493 e. The first-order valence-corrected chi connectivity index (χ1v) is 8.88. The smallest absolute Gasteiger partial charge is 0.237 e. The highest BCUT2D eigenvalue weighted by molar-refractivity contribution is 5.81. The number of likely N-dealkylation sites (N-methyl/N-ethyl adjacent to an activating group) is 1. The number of nitrogens with zero attached hydrogens (tertiary/aromatic N) is 1. The second-order valence-corrected chi connectivity index (χ2v) is 6.44. The van der Waals surface area contributed by atoms with Crippen LogP contribution in [-0.4, -0.2) is 44.7 Å². The van der Waals surface area contributed by atoms with E-state index in [1.54, 1.807) is 26.4 Å². The second kappa shape index (κ2) is 9.92. The summed E-state index contributed by atoms with van der Waals surface area (Å²) in [6, 6.07) is 11.7. The number of methoxy groups -OCH3 is 2. The molecule has 0 radical (unpaired) electrons. The summed E-state index contributed by atoms with van der Waals surface area (Å²) >= 11 is 0. The maximum Gasteiger partial charge on any atom is 0.237 e. The van der Waals surface area contributed by atoms with Gasteiger partial charge >= 0.3 is 0 Å². The summed E-state index contributed by atoms with van der Waals surface area (Å²) in [5, 5.41) is 2.95. The number of hydrogen-bond donors (Lipinski definition) is 1. The Morgan fingerprint density at radius 2 is 1.70 bits per heavy atom. The monoisotopic (exact) mass is 374 g/mol. The molecule has 1 unspecified atom stereocenters. The van der Waals surface area contributed by atoms with Gasteiger partial charge in [0, 0.05) is 13.1 Å². The number of ether oxygens (including phenoxy) is 2. The van der Waals surface area contributed by atoms with Gasteiger partial charge in [-0.15, -0.1) is 0 Å². The van der Waals surface area contributed by atoms with Crippen LogP contribution in [0.15, 0.2) is 42.5 Å². The highest BCUT2D eigenvalue weighted by atomic mass is 19.1. The lowest BCUT2D eigenvalue weighted by molar-refractivity contribution is -0.125. The Hall–Kier alpha value is -2.60. The van der Waals surface area contributed by atoms with Crippen LogP contribution in [0, 0.1) is 5.82 Å². The number of hydrogen-bond acceptors (Lipinski definition) is 4. The summed E-state index contributed by atoms with van der Waals surface area (Å²) in [6.07, 6.45) is 0.754. The Morgan fingerprint density at radius 1 is 1.07 bits per heavy atom. The van der Waals surface area contributed by atoms with E-state index in [-0.39, 0.29) is 17.8 Å². The van der Waals surface area contributed by atoms with Crippen LogP contribution in [0.5, 0.6) is 11.5 Å². The minimum atomic E-state index is -0.273. The molecule has 2 aromatic rings. The molecular weight excluding hydrogens is 347 g/mol. The topological polar surface area (TPSA) is 50.8 Å². The van der Waals surface area contributed by atoms with E-state index in [0.29, 0.717) is 24.6 Å². The van der Waals surface area contributed by atoms with Crippen molar-refractivity contribution in [2.24, 2.45) is 0 Å². The fourth-order valence-corrected chi connectivity index (χ4v) is 2.68. The van der Waals surface area contributed by atoms with Crippen molar-refractivity contribution in [2.75, 3.05) is 27.8 Å². The molecule has 0 aliphatic rings. The summed E-state index contributed by atoms with van der Waals surface area (Å²) in [7, 11) is 5.07. The van der Waals surface area contributed by atoms with Crippen molar-refractivity contribution in [3.63, 3.8) is 0 Å². The first-order chi connectivity index (χ1) is 12.9. The van der Waals surface area contributed by atoms with E-state index in [0.717, 1.165) is 17.5 Å². The van der Waals surface area contributed by atoms with Gasteiger partial charge in [-0.2, -0.15) is 0 Å². The third-order valence-corrected chi connectivity index (χ3v) is 4.62. The van der Waals surface area contributed by atoms with E-state index in [9.17, 15) is 9.18 Å². The van der Waals surface area contributed by atoms with Gasteiger partial charge in [0.25, 0.3) is 0 Å². The molecule has 1 atom stereocenters. The van der Waals surface area contributed by atoms with E-state index in [4.69, 9.17) is 9.47 Å². The molecule has 5 nitrogen and oxygen atoms in total. The maximum absolute atomic E-state index is 13.0. The molecule has 0 bridgehead atoms. The number of benzene rings is 2. The van der Waals surface area contributed by atoms with Crippen LogP contribution in [-0.2, 0) is 17.8 Å². The number of rotatable bonds is 9. The van der Waals surface area contributed by atoms with Crippen LogP contribution < -0.4 is 14.8 Å². The van der Waals surface area contributed by atoms with Gasteiger partial charge in [-0.3, -0.25) is 9.69 Å². The van der Waals surface area contributed by atoms with Crippen molar-refractivity contribution in [1.29, 1.82) is 0 Å². The van der Waals surface area contributed by atoms with E-state index in [2.05, 4.69) is 5.32 Å². The van der Waals surface area contributed by atoms with E-state index in [1.807, 2.05) is 37.1 Å². The predicted octanol–water partition coefficient (Wildman–Crippen LogP) is 3.02. The summed E-state index contributed by atoms with van der Waals surface area (Å²) in [6.45, 7) is 2.99. The number of carbonyl (C=O) groups excluding carboxylic acids is 1. The Bertz CT molecular complexity index is 750. The SMILES string of the molecule is COc1ccc(CNC(=O)C(C)N(C)CCc2ccc(F)cc2)cc1OC. The second-order valence-electron chi connectivity index (χ2n) is 6.44. The first-order valence-electron chi connectivity index (χ1n) is 8.88. The molecule has 2 aromatic carbocycles. The lowest BCUT2D eigenvalue weighted by Crippen LogP contribution is -2.43. The lowest BCUT2D eigenvalue weighted by Gasteiger charge is -2.24. The molecule has 0 aliphatic heterocycles. The van der Waals surface area contributed by atoms with Crippen LogP contribution in [0.1, 0.15) is 18.1 Å². The highest BCUT2D eigenvalue weighted by Crippen LogP contribution is 2.27. The Morgan fingerprint density at radius 3 is 2.33 bits per heavy atom. The average Bonchev–Trinajstić information content (AvgIpc) is 2.70. The van der Waals surface area contributed by atoms with Crippen LogP contribution in [0.2, 0.25) is 0 Å². The molecular formula is C21H27FN2O3. The van der Waals surface area contributed by atoms with Gasteiger partial charge < -0.3 is 14.8 Å². The van der Waals surface area contributed by atoms with Gasteiger partial charge in [-0.25, -0.2) is 4.39 Å². The number of amides is 1. The van der Waals surface area contributed by atoms with E-state index in [1.165, 1.54) is 12.1 Å². The van der Waals surface area contributed by atoms with Gasteiger partial charge in [0.05, 0.1) is 20.3 Å². The molecule has 0 spiro atoms. The first kappa shape index (κ1) is 20.7. The summed E-state index contributed by atoms with van der Waals surface area (Å²) in [5.41, 5.74) is 1.98. The molecule has 1 amide bonds. The van der Waals surface area contributed by atoms with Crippen molar-refractivity contribution in [1.82, 2.24) is 10.2 Å². The number of halogens is 1. The summed E-state index contributed by atoms with van der Waals surface area (Å²) in [4.78, 5) is 14.4. The molecule has 27 heavy (non-hydrogen) atoms. The van der Waals surface area contributed by atoms with Crippen LogP contribution >= 0.6 is 0 Å². The van der Waals surface area contributed by atoms with Crippen molar-refractivity contribution < 1.29 is 18.7 Å². The van der Waals surface area contributed by atoms with Gasteiger partial charge in [0.1, 0.15) is 5.82 Å². The van der Waals surface area contributed by atoms with Gasteiger partial charge in [0.15, 0.2) is 11.5 Å². The van der Waals surface area contributed by atoms with E-state index >= 15 is 0 Å². The molecule has 146 valence electrons. The third-order valence-electron chi connectivity index (χ3n) is 4.62. The van der Waals surface area contributed by atoms with Crippen LogP contribution in [0.3, 0.4) is 0 Å². The summed E-state index contributed by atoms with van der Waals surface area (Å²) in [5.74, 6) is 0.997. The zero-order valence-electron chi connectivity index (χ0n) is 16.3. The quantitative estimate of drug-likeness (QED) is 0.733. The van der Waals surface area contributed by atoms with Crippen LogP contribution in [0.4, 0.5) is 4.39 Å². The normalized spacial score (nSPS) is 11.9. The molecule has 0 aromatic heterocycles. The number of nitrogens with one attached hydrogen (secondary N) is 1. The van der Waals surface area contributed by atoms with Crippen molar-refractivity contribution in [2.45, 2.75) is 25.9 Å². The largest absolute Gasteiger partial charge is 0.493 e. The van der Waals surface area contributed by atoms with Crippen molar-refractivity contribution >= 4 is 5.91 Å². The molecule has 0 heterocycles. The fraction of sp³-hybridized carbons (Fsp3) is 0.381. The average molecular weight is 374 g/mol. The molecule has 1 N–H and O–H groups in total. The minimum absolute atomic E-state index is 0.0496. The molecule has 2 rings (SSSR count). The standard InChI is InChI=1S/C21H27FN2O3/c1-15(24(2)12-11-16-5-8-18(22)9-6-16)21(25)23-14-17-7-10-19(26-3)20(13-17)27-4/h5-10,13,15H,11-12,14H2,1-4H3,(H,23,25). The Kier molecular flexibility index (Phi) is 7.61. The van der Waals surface area contributed by atoms with Crippen LogP contribution in [0.25, 0.3) is 0 Å². The van der Waals surface area contributed by atoms with Crippen molar-refractivity contribution in [3.8, 4) is 11.5 Å². The molecule has 6 heteroatoms. The third kappa shape index (κ3) is 5.96. The predicted molar refractivity (Wildman–Crippen MR) is 104 cm³/mol. The lowest BCUT2D eigenvalue weighted by atomic mass is 10.1. The van der Waals surface area contributed by atoms with Gasteiger partial charge in [0.2, 0.25) is 5.91 Å². The zero-order chi connectivity index (χ0) is 19.8. The molecule has 0 saturated carbocycles. The van der Waals surface area contributed by atoms with Crippen molar-refractivity contribution in [3.05, 3.63) is 59.4 Å². The molecule has 0 fully saturated rings. The maximum atomic E-state index is 13.0. The Labute approximate surface area is 160 Å². The fourth-order valence-electron chi connectivity index (χ4n) is 2.68. The zero-order valence-corrected chi connectivity index (χ0v) is 16.3. The highest BCUT2D eigenvalue weighted by Gasteiger charge is 2.17. The molecule has 0 aliphatic carbocycles. The number of carbonyl (C=O) groups is 1. The summed E-state index contributed by atoms with van der Waals surface area (Å²) < 4.78 is 23.5. The van der Waals surface area contributed by atoms with Gasteiger partial charge in [-0.05, 0) is 55.8 Å². The Balaban J connectivity index is 1.84.